The van der Waals surface area contributed by atoms with E-state index in [1.54, 1.807) is 24.4 Å². The largest absolute Gasteiger partial charge is 0.481 e. The van der Waals surface area contributed by atoms with Crippen LogP contribution >= 0.6 is 0 Å². The topological polar surface area (TPSA) is 59.4 Å². The van der Waals surface area contributed by atoms with Crippen molar-refractivity contribution in [3.8, 4) is 5.88 Å². The van der Waals surface area contributed by atoms with E-state index in [1.807, 2.05) is 6.92 Å². The fourth-order valence-corrected chi connectivity index (χ4v) is 1.66. The number of carbonyl (C=O) groups is 1. The first-order chi connectivity index (χ1) is 7.63. The van der Waals surface area contributed by atoms with Crippen molar-refractivity contribution in [2.45, 2.75) is 6.92 Å². The molecule has 0 amide bonds. The van der Waals surface area contributed by atoms with E-state index in [4.69, 9.17) is 9.84 Å². The fraction of sp³-hybridized carbons (Fsp3) is 0.167. The Morgan fingerprint density at radius 1 is 1.38 bits per heavy atom. The van der Waals surface area contributed by atoms with Crippen molar-refractivity contribution in [3.05, 3.63) is 35.5 Å². The van der Waals surface area contributed by atoms with Gasteiger partial charge in [-0.15, -0.1) is 0 Å². The monoisotopic (exact) mass is 217 g/mol. The van der Waals surface area contributed by atoms with Crippen LogP contribution < -0.4 is 4.74 Å². The van der Waals surface area contributed by atoms with Gasteiger partial charge >= 0.3 is 5.97 Å². The normalized spacial score (nSPS) is 10.4. The molecule has 4 nitrogen and oxygen atoms in total. The highest BCUT2D eigenvalue weighted by atomic mass is 16.5. The van der Waals surface area contributed by atoms with Gasteiger partial charge in [0.1, 0.15) is 0 Å². The van der Waals surface area contributed by atoms with Gasteiger partial charge in [-0.05, 0) is 30.0 Å². The standard InChI is InChI=1S/C12H11NO3/c1-7-6-13-11(16-2)10-5-8(12(14)15)3-4-9(7)10/h3-6H,1-2H3,(H,14,15). The van der Waals surface area contributed by atoms with Crippen LogP contribution in [0.5, 0.6) is 5.88 Å². The number of aryl methyl sites for hydroxylation is 1. The van der Waals surface area contributed by atoms with Gasteiger partial charge in [-0.3, -0.25) is 0 Å². The van der Waals surface area contributed by atoms with E-state index >= 15 is 0 Å². The Balaban J connectivity index is 2.79. The molecule has 0 atom stereocenters. The molecule has 16 heavy (non-hydrogen) atoms. The first kappa shape index (κ1) is 10.4. The lowest BCUT2D eigenvalue weighted by atomic mass is 10.1. The third-order valence-corrected chi connectivity index (χ3v) is 2.49. The summed E-state index contributed by atoms with van der Waals surface area (Å²) >= 11 is 0. The maximum Gasteiger partial charge on any atom is 0.335 e. The van der Waals surface area contributed by atoms with Gasteiger partial charge < -0.3 is 9.84 Å². The third-order valence-electron chi connectivity index (χ3n) is 2.49. The second-order valence-electron chi connectivity index (χ2n) is 3.52. The molecular weight excluding hydrogens is 206 g/mol. The molecule has 0 saturated carbocycles. The smallest absolute Gasteiger partial charge is 0.335 e. The summed E-state index contributed by atoms with van der Waals surface area (Å²) < 4.78 is 5.11. The number of carboxylic acids is 1. The third kappa shape index (κ3) is 1.58. The number of benzene rings is 1. The van der Waals surface area contributed by atoms with Gasteiger partial charge in [0.25, 0.3) is 0 Å². The maximum absolute atomic E-state index is 10.9. The Labute approximate surface area is 92.5 Å². The highest BCUT2D eigenvalue weighted by Crippen LogP contribution is 2.26. The van der Waals surface area contributed by atoms with E-state index in [2.05, 4.69) is 4.98 Å². The van der Waals surface area contributed by atoms with Crippen LogP contribution in [0.3, 0.4) is 0 Å². The molecule has 0 aliphatic heterocycles. The average Bonchev–Trinajstić information content (AvgIpc) is 2.29. The predicted molar refractivity (Wildman–Crippen MR) is 60.0 cm³/mol. The Hall–Kier alpha value is -2.10. The van der Waals surface area contributed by atoms with Gasteiger partial charge in [0, 0.05) is 11.6 Å². The lowest BCUT2D eigenvalue weighted by molar-refractivity contribution is 0.0697. The summed E-state index contributed by atoms with van der Waals surface area (Å²) in [5, 5.41) is 10.6. The van der Waals surface area contributed by atoms with Crippen LogP contribution in [0.1, 0.15) is 15.9 Å². The summed E-state index contributed by atoms with van der Waals surface area (Å²) in [5.74, 6) is -0.505. The minimum atomic E-state index is -0.953. The average molecular weight is 217 g/mol. The van der Waals surface area contributed by atoms with E-state index < -0.39 is 5.97 Å². The van der Waals surface area contributed by atoms with Crippen molar-refractivity contribution in [2.24, 2.45) is 0 Å². The fourth-order valence-electron chi connectivity index (χ4n) is 1.66. The molecular formula is C12H11NO3. The summed E-state index contributed by atoms with van der Waals surface area (Å²) in [6.07, 6.45) is 1.71. The van der Waals surface area contributed by atoms with Crippen LogP contribution in [0, 0.1) is 6.92 Å². The summed E-state index contributed by atoms with van der Waals surface area (Å²) in [7, 11) is 1.52. The number of ether oxygens (including phenoxy) is 1. The van der Waals surface area contributed by atoms with Crippen molar-refractivity contribution < 1.29 is 14.6 Å². The Morgan fingerprint density at radius 3 is 2.75 bits per heavy atom. The van der Waals surface area contributed by atoms with E-state index in [-0.39, 0.29) is 5.56 Å². The van der Waals surface area contributed by atoms with E-state index in [0.29, 0.717) is 5.88 Å². The number of pyridine rings is 1. The molecule has 1 aromatic carbocycles. The molecule has 1 heterocycles. The van der Waals surface area contributed by atoms with Crippen LogP contribution in [0.4, 0.5) is 0 Å². The highest BCUT2D eigenvalue weighted by molar-refractivity contribution is 5.97. The number of aromatic nitrogens is 1. The number of rotatable bonds is 2. The van der Waals surface area contributed by atoms with Crippen molar-refractivity contribution in [2.75, 3.05) is 7.11 Å². The van der Waals surface area contributed by atoms with Crippen molar-refractivity contribution >= 4 is 16.7 Å². The summed E-state index contributed by atoms with van der Waals surface area (Å²) in [4.78, 5) is 15.0. The van der Waals surface area contributed by atoms with E-state index in [0.717, 1.165) is 16.3 Å². The lowest BCUT2D eigenvalue weighted by Crippen LogP contribution is -1.97. The molecule has 0 unspecified atom stereocenters. The molecule has 4 heteroatoms. The van der Waals surface area contributed by atoms with Crippen LogP contribution in [-0.2, 0) is 0 Å². The van der Waals surface area contributed by atoms with Crippen LogP contribution in [0.15, 0.2) is 24.4 Å². The minimum absolute atomic E-state index is 0.234. The highest BCUT2D eigenvalue weighted by Gasteiger charge is 2.09. The Morgan fingerprint density at radius 2 is 2.12 bits per heavy atom. The molecule has 0 spiro atoms. The van der Waals surface area contributed by atoms with Crippen molar-refractivity contribution in [1.82, 2.24) is 4.98 Å². The number of aromatic carboxylic acids is 1. The molecule has 1 N–H and O–H groups in total. The van der Waals surface area contributed by atoms with Gasteiger partial charge in [0.15, 0.2) is 0 Å². The lowest BCUT2D eigenvalue weighted by Gasteiger charge is -2.07. The van der Waals surface area contributed by atoms with Gasteiger partial charge in [-0.2, -0.15) is 0 Å². The summed E-state index contributed by atoms with van der Waals surface area (Å²) in [6.45, 7) is 1.93. The zero-order chi connectivity index (χ0) is 11.7. The number of hydrogen-bond donors (Lipinski definition) is 1. The van der Waals surface area contributed by atoms with Crippen LogP contribution in [-0.4, -0.2) is 23.2 Å². The molecule has 0 aliphatic carbocycles. The zero-order valence-electron chi connectivity index (χ0n) is 9.02. The second-order valence-corrected chi connectivity index (χ2v) is 3.52. The van der Waals surface area contributed by atoms with Gasteiger partial charge in [-0.25, -0.2) is 9.78 Å². The van der Waals surface area contributed by atoms with E-state index in [9.17, 15) is 4.79 Å². The van der Waals surface area contributed by atoms with Crippen molar-refractivity contribution in [3.63, 3.8) is 0 Å². The molecule has 2 aromatic rings. The van der Waals surface area contributed by atoms with E-state index in [1.165, 1.54) is 7.11 Å². The molecule has 0 radical (unpaired) electrons. The maximum atomic E-state index is 10.9. The quantitative estimate of drug-likeness (QED) is 0.838. The van der Waals surface area contributed by atoms with Crippen molar-refractivity contribution in [1.29, 1.82) is 0 Å². The molecule has 0 saturated heterocycles. The number of methoxy groups -OCH3 is 1. The number of nitrogens with zero attached hydrogens (tertiary/aromatic N) is 1. The molecule has 0 aliphatic rings. The summed E-state index contributed by atoms with van der Waals surface area (Å²) in [6, 6.07) is 4.94. The van der Waals surface area contributed by atoms with Gasteiger partial charge in [-0.1, -0.05) is 6.07 Å². The van der Waals surface area contributed by atoms with Crippen LogP contribution in [0.2, 0.25) is 0 Å². The number of fused-ring (bicyclic) bond motifs is 1. The Kier molecular flexibility index (Phi) is 2.48. The van der Waals surface area contributed by atoms with Gasteiger partial charge in [0.05, 0.1) is 12.7 Å². The second kappa shape index (κ2) is 3.81. The van der Waals surface area contributed by atoms with Gasteiger partial charge in [0.2, 0.25) is 5.88 Å². The Bertz CT molecular complexity index is 563. The first-order valence-corrected chi connectivity index (χ1v) is 4.80. The molecule has 0 bridgehead atoms. The SMILES string of the molecule is COc1ncc(C)c2ccc(C(=O)O)cc12. The molecule has 82 valence electrons. The first-order valence-electron chi connectivity index (χ1n) is 4.80. The number of hydrogen-bond acceptors (Lipinski definition) is 3. The summed E-state index contributed by atoms with van der Waals surface area (Å²) in [5.41, 5.74) is 1.23. The van der Waals surface area contributed by atoms with Crippen LogP contribution in [0.25, 0.3) is 10.8 Å². The molecule has 2 rings (SSSR count). The zero-order valence-corrected chi connectivity index (χ0v) is 9.02. The number of carboxylic acid groups (broad SMARTS) is 1. The molecule has 1 aromatic heterocycles. The predicted octanol–water partition coefficient (Wildman–Crippen LogP) is 2.25. The minimum Gasteiger partial charge on any atom is -0.481 e. The molecule has 0 fully saturated rings.